The third-order valence-corrected chi connectivity index (χ3v) is 2.58. The Morgan fingerprint density at radius 1 is 1.18 bits per heavy atom. The number of hydrogen-bond acceptors (Lipinski definition) is 4. The number of hydrogen-bond donors (Lipinski definition) is 1. The first-order valence-electron chi connectivity index (χ1n) is 5.39. The van der Waals surface area contributed by atoms with Crippen molar-refractivity contribution in [3.63, 3.8) is 0 Å². The molecule has 0 amide bonds. The largest absolute Gasteiger partial charge is 0.467 e. The van der Waals surface area contributed by atoms with Gasteiger partial charge in [0, 0.05) is 0 Å². The van der Waals surface area contributed by atoms with Crippen molar-refractivity contribution in [2.24, 2.45) is 0 Å². The Morgan fingerprint density at radius 3 is 2.82 bits per heavy atom. The molecule has 3 aromatic rings. The minimum atomic E-state index is -0.724. The fourth-order valence-corrected chi connectivity index (χ4v) is 1.75. The maximum absolute atomic E-state index is 9.89. The van der Waals surface area contributed by atoms with Gasteiger partial charge in [0.1, 0.15) is 17.4 Å². The highest BCUT2D eigenvalue weighted by atomic mass is 16.4. The van der Waals surface area contributed by atoms with Crippen molar-refractivity contribution in [1.29, 1.82) is 0 Å². The van der Waals surface area contributed by atoms with E-state index in [0.717, 1.165) is 11.1 Å². The van der Waals surface area contributed by atoms with Gasteiger partial charge in [0.15, 0.2) is 11.5 Å². The molecule has 0 fully saturated rings. The van der Waals surface area contributed by atoms with Gasteiger partial charge < -0.3 is 13.9 Å². The number of benzene rings is 1. The number of aromatic nitrogens is 1. The zero-order chi connectivity index (χ0) is 11.7. The molecule has 1 N–H and O–H groups in total. The van der Waals surface area contributed by atoms with E-state index < -0.39 is 6.10 Å². The molecule has 4 nitrogen and oxygen atoms in total. The van der Waals surface area contributed by atoms with E-state index in [2.05, 4.69) is 4.98 Å². The number of aliphatic hydroxyl groups is 1. The second-order valence-electron chi connectivity index (χ2n) is 3.81. The fraction of sp³-hybridized carbons (Fsp3) is 0.154. The van der Waals surface area contributed by atoms with Crippen LogP contribution in [0.3, 0.4) is 0 Å². The van der Waals surface area contributed by atoms with Crippen LogP contribution in [-0.2, 0) is 6.42 Å². The van der Waals surface area contributed by atoms with Crippen molar-refractivity contribution in [3.05, 3.63) is 54.3 Å². The van der Waals surface area contributed by atoms with E-state index in [0.29, 0.717) is 18.1 Å². The van der Waals surface area contributed by atoms with Crippen LogP contribution in [0.5, 0.6) is 0 Å². The average molecular weight is 229 g/mol. The van der Waals surface area contributed by atoms with Crippen LogP contribution >= 0.6 is 0 Å². The summed E-state index contributed by atoms with van der Waals surface area (Å²) in [5.41, 5.74) is 1.53. The minimum Gasteiger partial charge on any atom is -0.467 e. The van der Waals surface area contributed by atoms with Crippen molar-refractivity contribution < 1.29 is 13.9 Å². The summed E-state index contributed by atoms with van der Waals surface area (Å²) in [5, 5.41) is 9.89. The topological polar surface area (TPSA) is 59.4 Å². The molecule has 0 aliphatic heterocycles. The van der Waals surface area contributed by atoms with E-state index >= 15 is 0 Å². The van der Waals surface area contributed by atoms with Gasteiger partial charge >= 0.3 is 0 Å². The third-order valence-electron chi connectivity index (χ3n) is 2.58. The maximum atomic E-state index is 9.89. The number of fused-ring (bicyclic) bond motifs is 1. The number of rotatable bonds is 3. The molecular weight excluding hydrogens is 218 g/mol. The Labute approximate surface area is 97.5 Å². The van der Waals surface area contributed by atoms with Crippen LogP contribution in [0.1, 0.15) is 17.8 Å². The van der Waals surface area contributed by atoms with E-state index in [1.165, 1.54) is 6.26 Å². The predicted octanol–water partition coefficient (Wildman–Crippen LogP) is 2.70. The van der Waals surface area contributed by atoms with E-state index in [1.807, 2.05) is 24.3 Å². The monoisotopic (exact) mass is 229 g/mol. The number of para-hydroxylation sites is 2. The molecule has 86 valence electrons. The van der Waals surface area contributed by atoms with Crippen molar-refractivity contribution in [3.8, 4) is 0 Å². The SMILES string of the molecule is OC(Cc1nc2ccccc2o1)c1ccco1. The summed E-state index contributed by atoms with van der Waals surface area (Å²) in [6.45, 7) is 0. The molecule has 1 aromatic carbocycles. The molecule has 0 bridgehead atoms. The highest BCUT2D eigenvalue weighted by molar-refractivity contribution is 5.72. The molecule has 0 saturated carbocycles. The molecular formula is C13H11NO3. The first-order chi connectivity index (χ1) is 8.33. The zero-order valence-corrected chi connectivity index (χ0v) is 9.04. The molecule has 0 saturated heterocycles. The first kappa shape index (κ1) is 10.1. The van der Waals surface area contributed by atoms with Gasteiger partial charge in [-0.15, -0.1) is 0 Å². The van der Waals surface area contributed by atoms with E-state index in [4.69, 9.17) is 8.83 Å². The number of aliphatic hydroxyl groups excluding tert-OH is 1. The summed E-state index contributed by atoms with van der Waals surface area (Å²) in [6.07, 6.45) is 1.12. The van der Waals surface area contributed by atoms with Crippen LogP contribution in [0.2, 0.25) is 0 Å². The number of nitrogens with zero attached hydrogens (tertiary/aromatic N) is 1. The minimum absolute atomic E-state index is 0.308. The van der Waals surface area contributed by atoms with Crippen LogP contribution < -0.4 is 0 Å². The van der Waals surface area contributed by atoms with Crippen molar-refractivity contribution >= 4 is 11.1 Å². The van der Waals surface area contributed by atoms with Gasteiger partial charge in [-0.25, -0.2) is 4.98 Å². The second-order valence-corrected chi connectivity index (χ2v) is 3.81. The number of furan rings is 1. The van der Waals surface area contributed by atoms with Crippen LogP contribution in [0.15, 0.2) is 51.5 Å². The number of oxazole rings is 1. The van der Waals surface area contributed by atoms with Crippen LogP contribution in [0, 0.1) is 0 Å². The van der Waals surface area contributed by atoms with Crippen molar-refractivity contribution in [2.45, 2.75) is 12.5 Å². The van der Waals surface area contributed by atoms with Gasteiger partial charge in [-0.3, -0.25) is 0 Å². The molecule has 2 aromatic heterocycles. The molecule has 3 rings (SSSR count). The van der Waals surface area contributed by atoms with Gasteiger partial charge in [0.2, 0.25) is 0 Å². The van der Waals surface area contributed by atoms with Crippen LogP contribution in [-0.4, -0.2) is 10.1 Å². The summed E-state index contributed by atoms with van der Waals surface area (Å²) in [7, 11) is 0. The fourth-order valence-electron chi connectivity index (χ4n) is 1.75. The lowest BCUT2D eigenvalue weighted by molar-refractivity contribution is 0.142. The summed E-state index contributed by atoms with van der Waals surface area (Å²) in [4.78, 5) is 4.29. The summed E-state index contributed by atoms with van der Waals surface area (Å²) in [6, 6.07) is 11.0. The lowest BCUT2D eigenvalue weighted by Gasteiger charge is -2.03. The van der Waals surface area contributed by atoms with Gasteiger partial charge in [0.05, 0.1) is 12.7 Å². The molecule has 4 heteroatoms. The van der Waals surface area contributed by atoms with Crippen molar-refractivity contribution in [2.75, 3.05) is 0 Å². The Morgan fingerprint density at radius 2 is 2.06 bits per heavy atom. The van der Waals surface area contributed by atoms with Gasteiger partial charge in [-0.05, 0) is 24.3 Å². The Hall–Kier alpha value is -2.07. The molecule has 0 aliphatic rings. The predicted molar refractivity (Wildman–Crippen MR) is 61.4 cm³/mol. The smallest absolute Gasteiger partial charge is 0.198 e. The molecule has 0 radical (unpaired) electrons. The van der Waals surface area contributed by atoms with Gasteiger partial charge in [0.25, 0.3) is 0 Å². The Balaban J connectivity index is 1.85. The Bertz CT molecular complexity index is 579. The summed E-state index contributed by atoms with van der Waals surface area (Å²) < 4.78 is 10.6. The van der Waals surface area contributed by atoms with E-state index in [9.17, 15) is 5.11 Å². The van der Waals surface area contributed by atoms with Crippen LogP contribution in [0.4, 0.5) is 0 Å². The molecule has 0 spiro atoms. The average Bonchev–Trinajstić information content (AvgIpc) is 2.97. The van der Waals surface area contributed by atoms with Crippen molar-refractivity contribution in [1.82, 2.24) is 4.98 Å². The molecule has 1 unspecified atom stereocenters. The van der Waals surface area contributed by atoms with Gasteiger partial charge in [-0.1, -0.05) is 12.1 Å². The molecule has 17 heavy (non-hydrogen) atoms. The standard InChI is InChI=1S/C13H11NO3/c15-10(12-6-3-7-16-12)8-13-14-9-4-1-2-5-11(9)17-13/h1-7,10,15H,8H2. The summed E-state index contributed by atoms with van der Waals surface area (Å²) in [5.74, 6) is 1.03. The zero-order valence-electron chi connectivity index (χ0n) is 9.04. The van der Waals surface area contributed by atoms with E-state index in [1.54, 1.807) is 12.1 Å². The van der Waals surface area contributed by atoms with E-state index in [-0.39, 0.29) is 0 Å². The van der Waals surface area contributed by atoms with Crippen LogP contribution in [0.25, 0.3) is 11.1 Å². The highest BCUT2D eigenvalue weighted by Crippen LogP contribution is 2.21. The maximum Gasteiger partial charge on any atom is 0.198 e. The molecule has 1 atom stereocenters. The van der Waals surface area contributed by atoms with Gasteiger partial charge in [-0.2, -0.15) is 0 Å². The third kappa shape index (κ3) is 1.94. The molecule has 0 aliphatic carbocycles. The highest BCUT2D eigenvalue weighted by Gasteiger charge is 2.15. The second kappa shape index (κ2) is 4.07. The summed E-state index contributed by atoms with van der Waals surface area (Å²) >= 11 is 0. The lowest BCUT2D eigenvalue weighted by atomic mass is 10.2. The first-order valence-corrected chi connectivity index (χ1v) is 5.39. The lowest BCUT2D eigenvalue weighted by Crippen LogP contribution is -2.00. The quantitative estimate of drug-likeness (QED) is 0.750. The normalized spacial score (nSPS) is 13.0. The Kier molecular flexibility index (Phi) is 2.42. The molecule has 2 heterocycles.